The Morgan fingerprint density at radius 1 is 1.00 bits per heavy atom. The number of hydrogen-bond donors (Lipinski definition) is 0. The van der Waals surface area contributed by atoms with E-state index in [9.17, 15) is 0 Å². The summed E-state index contributed by atoms with van der Waals surface area (Å²) in [5.41, 5.74) is 2.00. The van der Waals surface area contributed by atoms with Gasteiger partial charge in [-0.25, -0.2) is 0 Å². The Kier molecular flexibility index (Phi) is 4.37. The van der Waals surface area contributed by atoms with Gasteiger partial charge >= 0.3 is 0 Å². The summed E-state index contributed by atoms with van der Waals surface area (Å²) < 4.78 is 11.3. The maximum Gasteiger partial charge on any atom is 0.197 e. The third-order valence-electron chi connectivity index (χ3n) is 2.59. The molecule has 0 bridgehead atoms. The van der Waals surface area contributed by atoms with Gasteiger partial charge in [-0.05, 0) is 31.0 Å². The molecule has 0 aromatic heterocycles. The van der Waals surface area contributed by atoms with Gasteiger partial charge in [0.05, 0.1) is 6.61 Å². The molecule has 0 fully saturated rings. The van der Waals surface area contributed by atoms with Crippen LogP contribution in [-0.4, -0.2) is 6.29 Å². The Hall–Kier alpha value is -1.80. The molecule has 0 N–H and O–H groups in total. The maximum absolute atomic E-state index is 5.68. The Morgan fingerprint density at radius 2 is 1.67 bits per heavy atom. The van der Waals surface area contributed by atoms with Gasteiger partial charge in [-0.3, -0.25) is 0 Å². The second-order valence-corrected chi connectivity index (χ2v) is 4.09. The zero-order valence-electron chi connectivity index (χ0n) is 10.5. The lowest BCUT2D eigenvalue weighted by Gasteiger charge is -2.16. The van der Waals surface area contributed by atoms with E-state index in [4.69, 9.17) is 9.47 Å². The molecule has 0 amide bonds. The molecule has 0 heterocycles. The third-order valence-corrected chi connectivity index (χ3v) is 2.59. The molecule has 1 unspecified atom stereocenters. The zero-order chi connectivity index (χ0) is 12.8. The lowest BCUT2D eigenvalue weighted by atomic mass is 10.2. The standard InChI is InChI=1S/C16H17O2/c1-13-8-6-7-11-16(13)18-14(2)17-12-15-9-4-3-5-10-15/h3-11,14H,1,12H2,2H3. The zero-order valence-corrected chi connectivity index (χ0v) is 10.5. The maximum atomic E-state index is 5.68. The highest BCUT2D eigenvalue weighted by Crippen LogP contribution is 2.18. The molecule has 2 heteroatoms. The first-order valence-electron chi connectivity index (χ1n) is 5.99. The second-order valence-electron chi connectivity index (χ2n) is 4.09. The molecule has 2 aromatic carbocycles. The molecule has 0 aliphatic rings. The number of hydrogen-bond acceptors (Lipinski definition) is 2. The average Bonchev–Trinajstić information content (AvgIpc) is 2.40. The highest BCUT2D eigenvalue weighted by molar-refractivity contribution is 5.35. The van der Waals surface area contributed by atoms with E-state index in [-0.39, 0.29) is 6.29 Å². The van der Waals surface area contributed by atoms with Crippen LogP contribution in [0.3, 0.4) is 0 Å². The molecule has 0 aliphatic carbocycles. The molecule has 0 aliphatic heterocycles. The molecule has 2 rings (SSSR count). The molecule has 1 radical (unpaired) electrons. The fourth-order valence-electron chi connectivity index (χ4n) is 1.62. The molecule has 0 saturated carbocycles. The Bertz CT molecular complexity index is 479. The summed E-state index contributed by atoms with van der Waals surface area (Å²) in [6, 6.07) is 17.7. The SMILES string of the molecule is [CH2]c1ccccc1OC(C)OCc1ccccc1. The van der Waals surface area contributed by atoms with E-state index in [0.29, 0.717) is 6.61 Å². The number of ether oxygens (including phenoxy) is 2. The summed E-state index contributed by atoms with van der Waals surface area (Å²) in [7, 11) is 0. The van der Waals surface area contributed by atoms with Crippen LogP contribution in [0.1, 0.15) is 18.1 Å². The summed E-state index contributed by atoms with van der Waals surface area (Å²) in [5.74, 6) is 0.762. The first-order chi connectivity index (χ1) is 8.75. The van der Waals surface area contributed by atoms with Crippen LogP contribution in [0.4, 0.5) is 0 Å². The smallest absolute Gasteiger partial charge is 0.197 e. The van der Waals surface area contributed by atoms with Gasteiger partial charge in [0.2, 0.25) is 0 Å². The van der Waals surface area contributed by atoms with Crippen molar-refractivity contribution in [3.05, 3.63) is 72.6 Å². The van der Waals surface area contributed by atoms with Gasteiger partial charge in [-0.2, -0.15) is 0 Å². The monoisotopic (exact) mass is 241 g/mol. The minimum atomic E-state index is -0.298. The van der Waals surface area contributed by atoms with Crippen molar-refractivity contribution in [3.63, 3.8) is 0 Å². The Labute approximate surface area is 108 Å². The van der Waals surface area contributed by atoms with Crippen LogP contribution >= 0.6 is 0 Å². The minimum absolute atomic E-state index is 0.298. The van der Waals surface area contributed by atoms with E-state index in [2.05, 4.69) is 6.92 Å². The molecular weight excluding hydrogens is 224 g/mol. The van der Waals surface area contributed by atoms with Gasteiger partial charge in [0.15, 0.2) is 6.29 Å². The second kappa shape index (κ2) is 6.22. The highest BCUT2D eigenvalue weighted by Gasteiger charge is 2.06. The van der Waals surface area contributed by atoms with Crippen molar-refractivity contribution in [1.82, 2.24) is 0 Å². The summed E-state index contributed by atoms with van der Waals surface area (Å²) in [4.78, 5) is 0. The molecule has 93 valence electrons. The van der Waals surface area contributed by atoms with Crippen LogP contribution in [0, 0.1) is 6.92 Å². The lowest BCUT2D eigenvalue weighted by Crippen LogP contribution is -2.16. The van der Waals surface area contributed by atoms with E-state index in [0.717, 1.165) is 16.9 Å². The van der Waals surface area contributed by atoms with E-state index in [1.165, 1.54) is 0 Å². The van der Waals surface area contributed by atoms with Crippen LogP contribution < -0.4 is 4.74 Å². The summed E-state index contributed by atoms with van der Waals surface area (Å²) in [6.45, 7) is 6.34. The average molecular weight is 241 g/mol. The number of benzene rings is 2. The molecule has 0 spiro atoms. The van der Waals surface area contributed by atoms with Crippen molar-refractivity contribution in [2.45, 2.75) is 19.8 Å². The van der Waals surface area contributed by atoms with Gasteiger partial charge < -0.3 is 9.47 Å². The van der Waals surface area contributed by atoms with E-state index in [1.54, 1.807) is 0 Å². The van der Waals surface area contributed by atoms with E-state index < -0.39 is 0 Å². The van der Waals surface area contributed by atoms with Crippen molar-refractivity contribution in [2.24, 2.45) is 0 Å². The summed E-state index contributed by atoms with van der Waals surface area (Å²) in [5, 5.41) is 0. The first-order valence-corrected chi connectivity index (χ1v) is 5.99. The van der Waals surface area contributed by atoms with Gasteiger partial charge in [-0.15, -0.1) is 0 Å². The molecule has 2 aromatic rings. The van der Waals surface area contributed by atoms with Crippen LogP contribution in [0.5, 0.6) is 5.75 Å². The minimum Gasteiger partial charge on any atom is -0.465 e. The van der Waals surface area contributed by atoms with E-state index >= 15 is 0 Å². The third kappa shape index (κ3) is 3.60. The molecule has 18 heavy (non-hydrogen) atoms. The fraction of sp³-hybridized carbons (Fsp3) is 0.188. The fourth-order valence-corrected chi connectivity index (χ4v) is 1.62. The van der Waals surface area contributed by atoms with Gasteiger partial charge in [-0.1, -0.05) is 48.5 Å². The number of rotatable bonds is 5. The van der Waals surface area contributed by atoms with Crippen molar-refractivity contribution < 1.29 is 9.47 Å². The van der Waals surface area contributed by atoms with Gasteiger partial charge in [0.25, 0.3) is 0 Å². The van der Waals surface area contributed by atoms with Crippen LogP contribution in [0.2, 0.25) is 0 Å². The van der Waals surface area contributed by atoms with Crippen LogP contribution in [0.15, 0.2) is 54.6 Å². The van der Waals surface area contributed by atoms with Crippen LogP contribution in [-0.2, 0) is 11.3 Å². The van der Waals surface area contributed by atoms with E-state index in [1.807, 2.05) is 61.5 Å². The molecule has 1 atom stereocenters. The first kappa shape index (κ1) is 12.7. The van der Waals surface area contributed by atoms with Crippen LogP contribution in [0.25, 0.3) is 0 Å². The Balaban J connectivity index is 1.86. The predicted octanol–water partition coefficient (Wildman–Crippen LogP) is 3.81. The summed E-state index contributed by atoms with van der Waals surface area (Å²) in [6.07, 6.45) is -0.298. The highest BCUT2D eigenvalue weighted by atomic mass is 16.7. The molecular formula is C16H17O2. The Morgan fingerprint density at radius 3 is 2.39 bits per heavy atom. The van der Waals surface area contributed by atoms with Crippen molar-refractivity contribution in [2.75, 3.05) is 0 Å². The van der Waals surface area contributed by atoms with Gasteiger partial charge in [0, 0.05) is 0 Å². The largest absolute Gasteiger partial charge is 0.465 e. The number of para-hydroxylation sites is 1. The van der Waals surface area contributed by atoms with Crippen molar-refractivity contribution in [1.29, 1.82) is 0 Å². The lowest BCUT2D eigenvalue weighted by molar-refractivity contribution is -0.0760. The van der Waals surface area contributed by atoms with Crippen molar-refractivity contribution in [3.8, 4) is 5.75 Å². The molecule has 0 saturated heterocycles. The topological polar surface area (TPSA) is 18.5 Å². The van der Waals surface area contributed by atoms with Crippen molar-refractivity contribution >= 4 is 0 Å². The normalized spacial score (nSPS) is 12.1. The summed E-state index contributed by atoms with van der Waals surface area (Å²) >= 11 is 0. The predicted molar refractivity (Wildman–Crippen MR) is 72.2 cm³/mol. The van der Waals surface area contributed by atoms with Gasteiger partial charge in [0.1, 0.15) is 5.75 Å². The quantitative estimate of drug-likeness (QED) is 0.741. The molecule has 2 nitrogen and oxygen atoms in total.